The molecule has 4 heteroatoms. The van der Waals surface area contributed by atoms with Crippen molar-refractivity contribution in [2.75, 3.05) is 5.32 Å². The predicted octanol–water partition coefficient (Wildman–Crippen LogP) is 4.04. The first kappa shape index (κ1) is 12.6. The molecule has 0 radical (unpaired) electrons. The highest BCUT2D eigenvalue weighted by atomic mass is 79.9. The van der Waals surface area contributed by atoms with Gasteiger partial charge in [0.15, 0.2) is 0 Å². The summed E-state index contributed by atoms with van der Waals surface area (Å²) in [5.74, 6) is 0. The number of fused-ring (bicyclic) bond motifs is 1. The van der Waals surface area contributed by atoms with Crippen LogP contribution in [0.4, 0.5) is 5.69 Å². The van der Waals surface area contributed by atoms with E-state index in [0.29, 0.717) is 6.04 Å². The number of hydrogen-bond acceptors (Lipinski definition) is 3. The zero-order chi connectivity index (χ0) is 13.2. The molecule has 0 saturated heterocycles. The fraction of sp³-hybridized carbons (Fsp3) is 0.333. The third-order valence-corrected chi connectivity index (χ3v) is 4.38. The molecule has 0 saturated carbocycles. The second-order valence-electron chi connectivity index (χ2n) is 4.97. The molecule has 2 heterocycles. The largest absolute Gasteiger partial charge is 0.375 e. The van der Waals surface area contributed by atoms with Crippen molar-refractivity contribution in [3.05, 3.63) is 52.0 Å². The number of anilines is 1. The summed E-state index contributed by atoms with van der Waals surface area (Å²) in [6.07, 6.45) is 7.22. The molecule has 1 aliphatic rings. The van der Waals surface area contributed by atoms with Gasteiger partial charge in [-0.1, -0.05) is 6.07 Å². The van der Waals surface area contributed by atoms with Crippen LogP contribution in [0.5, 0.6) is 0 Å². The molecule has 0 fully saturated rings. The topological polar surface area (TPSA) is 37.8 Å². The van der Waals surface area contributed by atoms with Crippen molar-refractivity contribution >= 4 is 21.6 Å². The molecule has 0 spiro atoms. The summed E-state index contributed by atoms with van der Waals surface area (Å²) in [5.41, 5.74) is 4.76. The van der Waals surface area contributed by atoms with Crippen molar-refractivity contribution < 1.29 is 0 Å². The molecule has 1 atom stereocenters. The first-order chi connectivity index (χ1) is 9.24. The summed E-state index contributed by atoms with van der Waals surface area (Å²) in [5, 5.41) is 3.56. The quantitative estimate of drug-likeness (QED) is 0.849. The number of aryl methyl sites for hydroxylation is 2. The van der Waals surface area contributed by atoms with Gasteiger partial charge in [-0.3, -0.25) is 4.98 Å². The normalized spacial score (nSPS) is 17.9. The lowest BCUT2D eigenvalue weighted by Gasteiger charge is -2.26. The Bertz CT molecular complexity index is 598. The first-order valence-corrected chi connectivity index (χ1v) is 7.36. The van der Waals surface area contributed by atoms with Crippen LogP contribution in [-0.2, 0) is 6.42 Å². The van der Waals surface area contributed by atoms with Crippen LogP contribution in [0, 0.1) is 6.92 Å². The van der Waals surface area contributed by atoms with E-state index in [1.165, 1.54) is 17.7 Å². The molecule has 1 unspecified atom stereocenters. The number of nitrogens with zero attached hydrogens (tertiary/aromatic N) is 2. The molecule has 98 valence electrons. The van der Waals surface area contributed by atoms with E-state index in [1.807, 2.05) is 18.5 Å². The van der Waals surface area contributed by atoms with Gasteiger partial charge in [-0.15, -0.1) is 0 Å². The standard InChI is InChI=1S/C15H16BrN3/c1-10-8-12(9-18-15(10)16)19-13-6-2-4-11-5-3-7-17-14(11)13/h3,5,7-9,13,19H,2,4,6H2,1H3. The Kier molecular flexibility index (Phi) is 3.51. The van der Waals surface area contributed by atoms with Gasteiger partial charge >= 0.3 is 0 Å². The fourth-order valence-electron chi connectivity index (χ4n) is 2.59. The summed E-state index contributed by atoms with van der Waals surface area (Å²) in [7, 11) is 0. The highest BCUT2D eigenvalue weighted by molar-refractivity contribution is 9.10. The Morgan fingerprint density at radius 3 is 3.11 bits per heavy atom. The van der Waals surface area contributed by atoms with Gasteiger partial charge in [0.25, 0.3) is 0 Å². The maximum Gasteiger partial charge on any atom is 0.109 e. The Morgan fingerprint density at radius 2 is 2.26 bits per heavy atom. The molecule has 0 aromatic carbocycles. The van der Waals surface area contributed by atoms with Gasteiger partial charge in [-0.05, 0) is 65.4 Å². The molecule has 0 amide bonds. The average molecular weight is 318 g/mol. The fourth-order valence-corrected chi connectivity index (χ4v) is 2.80. The number of halogens is 1. The Labute approximate surface area is 121 Å². The summed E-state index contributed by atoms with van der Waals surface area (Å²) in [6.45, 7) is 2.05. The minimum Gasteiger partial charge on any atom is -0.375 e. The molecular weight excluding hydrogens is 302 g/mol. The minimum atomic E-state index is 0.298. The van der Waals surface area contributed by atoms with Gasteiger partial charge in [0.05, 0.1) is 23.6 Å². The van der Waals surface area contributed by atoms with E-state index in [0.717, 1.165) is 28.7 Å². The lowest BCUT2D eigenvalue weighted by Crippen LogP contribution is -2.19. The summed E-state index contributed by atoms with van der Waals surface area (Å²) >= 11 is 3.43. The maximum absolute atomic E-state index is 4.54. The van der Waals surface area contributed by atoms with Crippen LogP contribution in [0.1, 0.15) is 35.7 Å². The Hall–Kier alpha value is -1.42. The molecule has 19 heavy (non-hydrogen) atoms. The van der Waals surface area contributed by atoms with Crippen molar-refractivity contribution in [2.24, 2.45) is 0 Å². The number of pyridine rings is 2. The molecule has 3 rings (SSSR count). The van der Waals surface area contributed by atoms with Crippen molar-refractivity contribution in [1.82, 2.24) is 9.97 Å². The Balaban J connectivity index is 1.86. The van der Waals surface area contributed by atoms with E-state index in [9.17, 15) is 0 Å². The van der Waals surface area contributed by atoms with Crippen LogP contribution in [-0.4, -0.2) is 9.97 Å². The van der Waals surface area contributed by atoms with Gasteiger partial charge < -0.3 is 5.32 Å². The molecule has 1 aliphatic carbocycles. The third kappa shape index (κ3) is 2.63. The summed E-state index contributed by atoms with van der Waals surface area (Å²) in [6, 6.07) is 6.62. The average Bonchev–Trinajstić information content (AvgIpc) is 2.43. The van der Waals surface area contributed by atoms with E-state index in [-0.39, 0.29) is 0 Å². The van der Waals surface area contributed by atoms with E-state index in [1.54, 1.807) is 0 Å². The zero-order valence-electron chi connectivity index (χ0n) is 10.9. The van der Waals surface area contributed by atoms with Crippen molar-refractivity contribution in [2.45, 2.75) is 32.2 Å². The lowest BCUT2D eigenvalue weighted by molar-refractivity contribution is 0.583. The highest BCUT2D eigenvalue weighted by Crippen LogP contribution is 2.31. The molecule has 2 aromatic rings. The van der Waals surface area contributed by atoms with Gasteiger partial charge in [0.1, 0.15) is 4.60 Å². The second-order valence-corrected chi connectivity index (χ2v) is 5.72. The second kappa shape index (κ2) is 5.29. The number of hydrogen-bond donors (Lipinski definition) is 1. The van der Waals surface area contributed by atoms with E-state index < -0.39 is 0 Å². The molecule has 1 N–H and O–H groups in total. The van der Waals surface area contributed by atoms with Crippen molar-refractivity contribution in [3.63, 3.8) is 0 Å². The number of rotatable bonds is 2. The number of nitrogens with one attached hydrogen (secondary N) is 1. The maximum atomic E-state index is 4.54. The van der Waals surface area contributed by atoms with Crippen LogP contribution >= 0.6 is 15.9 Å². The van der Waals surface area contributed by atoms with Crippen molar-refractivity contribution in [1.29, 1.82) is 0 Å². The van der Waals surface area contributed by atoms with Crippen LogP contribution < -0.4 is 5.32 Å². The van der Waals surface area contributed by atoms with Gasteiger partial charge in [0, 0.05) is 6.20 Å². The molecule has 2 aromatic heterocycles. The molecule has 0 aliphatic heterocycles. The summed E-state index contributed by atoms with van der Waals surface area (Å²) in [4.78, 5) is 8.88. The predicted molar refractivity (Wildman–Crippen MR) is 80.2 cm³/mol. The highest BCUT2D eigenvalue weighted by Gasteiger charge is 2.21. The van der Waals surface area contributed by atoms with E-state index in [2.05, 4.69) is 50.3 Å². The van der Waals surface area contributed by atoms with Gasteiger partial charge in [-0.2, -0.15) is 0 Å². The SMILES string of the molecule is Cc1cc(NC2CCCc3cccnc32)cnc1Br. The Morgan fingerprint density at radius 1 is 1.37 bits per heavy atom. The zero-order valence-corrected chi connectivity index (χ0v) is 12.4. The number of aromatic nitrogens is 2. The molecular formula is C15H16BrN3. The summed E-state index contributed by atoms with van der Waals surface area (Å²) < 4.78 is 0.903. The lowest BCUT2D eigenvalue weighted by atomic mass is 9.92. The van der Waals surface area contributed by atoms with Crippen LogP contribution in [0.25, 0.3) is 0 Å². The minimum absolute atomic E-state index is 0.298. The monoisotopic (exact) mass is 317 g/mol. The van der Waals surface area contributed by atoms with Gasteiger partial charge in [0.2, 0.25) is 0 Å². The van der Waals surface area contributed by atoms with Crippen LogP contribution in [0.15, 0.2) is 35.2 Å². The first-order valence-electron chi connectivity index (χ1n) is 6.56. The molecule has 0 bridgehead atoms. The van der Waals surface area contributed by atoms with Gasteiger partial charge in [-0.25, -0.2) is 4.98 Å². The van der Waals surface area contributed by atoms with E-state index >= 15 is 0 Å². The van der Waals surface area contributed by atoms with Crippen molar-refractivity contribution in [3.8, 4) is 0 Å². The van der Waals surface area contributed by atoms with Crippen LogP contribution in [0.2, 0.25) is 0 Å². The third-order valence-electron chi connectivity index (χ3n) is 3.55. The van der Waals surface area contributed by atoms with Crippen LogP contribution in [0.3, 0.4) is 0 Å². The smallest absolute Gasteiger partial charge is 0.109 e. The van der Waals surface area contributed by atoms with E-state index in [4.69, 9.17) is 0 Å². The molecule has 3 nitrogen and oxygen atoms in total.